The first-order valence-electron chi connectivity index (χ1n) is 11.0. The Morgan fingerprint density at radius 2 is 1.58 bits per heavy atom. The van der Waals surface area contributed by atoms with Gasteiger partial charge in [-0.2, -0.15) is 0 Å². The Hall–Kier alpha value is -3.18. The van der Waals surface area contributed by atoms with Crippen LogP contribution in [0.1, 0.15) is 11.1 Å². The predicted octanol–water partition coefficient (Wildman–Crippen LogP) is 1.77. The highest BCUT2D eigenvalue weighted by Crippen LogP contribution is 2.19. The molecule has 0 aromatic heterocycles. The van der Waals surface area contributed by atoms with Gasteiger partial charge in [0.05, 0.1) is 39.1 Å². The highest BCUT2D eigenvalue weighted by molar-refractivity contribution is 5.91. The molecule has 1 fully saturated rings. The molecule has 0 aliphatic carbocycles. The predicted molar refractivity (Wildman–Crippen MR) is 123 cm³/mol. The zero-order valence-corrected chi connectivity index (χ0v) is 18.1. The van der Waals surface area contributed by atoms with Crippen LogP contribution in [0.25, 0.3) is 10.8 Å². The summed E-state index contributed by atoms with van der Waals surface area (Å²) in [5.74, 6) is 0.00516. The van der Waals surface area contributed by atoms with Gasteiger partial charge in [0.25, 0.3) is 0 Å². The third-order valence-electron chi connectivity index (χ3n) is 6.14. The summed E-state index contributed by atoms with van der Waals surface area (Å²) in [5.41, 5.74) is 2.33. The van der Waals surface area contributed by atoms with Crippen LogP contribution in [-0.2, 0) is 22.6 Å². The van der Waals surface area contributed by atoms with Crippen LogP contribution in [0.3, 0.4) is 0 Å². The Balaban J connectivity index is 1.28. The van der Waals surface area contributed by atoms with Gasteiger partial charge in [-0.25, -0.2) is 0 Å². The molecule has 3 aromatic rings. The summed E-state index contributed by atoms with van der Waals surface area (Å²) < 4.78 is 0. The van der Waals surface area contributed by atoms with Crippen LogP contribution >= 0.6 is 0 Å². The van der Waals surface area contributed by atoms with E-state index in [1.165, 1.54) is 10.5 Å². The normalized spacial score (nSPS) is 14.5. The molecule has 4 rings (SSSR count). The van der Waals surface area contributed by atoms with Crippen LogP contribution < -0.4 is 4.90 Å². The van der Waals surface area contributed by atoms with Gasteiger partial charge in [0.2, 0.25) is 11.8 Å². The molecule has 3 aromatic carbocycles. The van der Waals surface area contributed by atoms with Crippen molar-refractivity contribution in [1.29, 1.82) is 0 Å². The lowest BCUT2D eigenvalue weighted by Gasteiger charge is -2.33. The largest absolute Gasteiger partial charge is 0.336 e. The molecular weight excluding hydrogens is 386 g/mol. The summed E-state index contributed by atoms with van der Waals surface area (Å²) in [6.07, 6.45) is 0.306. The number of hydrogen-bond donors (Lipinski definition) is 1. The van der Waals surface area contributed by atoms with E-state index in [0.29, 0.717) is 6.42 Å². The molecule has 0 radical (unpaired) electrons. The summed E-state index contributed by atoms with van der Waals surface area (Å²) in [7, 11) is 1.72. The average Bonchev–Trinajstić information content (AvgIpc) is 2.80. The van der Waals surface area contributed by atoms with E-state index in [4.69, 9.17) is 0 Å². The number of carbonyl (C=O) groups excluding carboxylic acids is 2. The SMILES string of the molecule is CN(CC(=O)N1CC[NH+](Cc2ccccc2)CC1)C(=O)Cc1cccc2ccccc12. The number of rotatable bonds is 6. The molecule has 0 spiro atoms. The molecule has 0 atom stereocenters. The van der Waals surface area contributed by atoms with E-state index in [0.717, 1.165) is 49.1 Å². The van der Waals surface area contributed by atoms with E-state index in [2.05, 4.69) is 36.4 Å². The number of fused-ring (bicyclic) bond motifs is 1. The Labute approximate surface area is 183 Å². The number of amides is 2. The maximum Gasteiger partial charge on any atom is 0.242 e. The van der Waals surface area contributed by atoms with E-state index >= 15 is 0 Å². The lowest BCUT2D eigenvalue weighted by atomic mass is 10.0. The third-order valence-corrected chi connectivity index (χ3v) is 6.14. The highest BCUT2D eigenvalue weighted by Gasteiger charge is 2.25. The monoisotopic (exact) mass is 416 g/mol. The van der Waals surface area contributed by atoms with Gasteiger partial charge in [0, 0.05) is 12.6 Å². The average molecular weight is 417 g/mol. The molecule has 5 heteroatoms. The van der Waals surface area contributed by atoms with Gasteiger partial charge < -0.3 is 14.7 Å². The Bertz CT molecular complexity index is 1040. The van der Waals surface area contributed by atoms with Crippen LogP contribution in [0.5, 0.6) is 0 Å². The minimum atomic E-state index is -0.0296. The van der Waals surface area contributed by atoms with Crippen molar-refractivity contribution in [2.24, 2.45) is 0 Å². The van der Waals surface area contributed by atoms with Crippen molar-refractivity contribution in [1.82, 2.24) is 9.80 Å². The second-order valence-corrected chi connectivity index (χ2v) is 8.36. The first kappa shape index (κ1) is 21.1. The summed E-state index contributed by atoms with van der Waals surface area (Å²) in [6.45, 7) is 4.49. The molecule has 0 unspecified atom stereocenters. The molecule has 5 nitrogen and oxygen atoms in total. The smallest absolute Gasteiger partial charge is 0.242 e. The van der Waals surface area contributed by atoms with Crippen molar-refractivity contribution < 1.29 is 14.5 Å². The van der Waals surface area contributed by atoms with Gasteiger partial charge in [-0.15, -0.1) is 0 Å². The number of benzene rings is 3. The summed E-state index contributed by atoms with van der Waals surface area (Å²) in [5, 5.41) is 2.22. The summed E-state index contributed by atoms with van der Waals surface area (Å²) in [4.78, 5) is 30.5. The molecule has 1 aliphatic heterocycles. The fourth-order valence-corrected chi connectivity index (χ4v) is 4.27. The van der Waals surface area contributed by atoms with E-state index in [-0.39, 0.29) is 18.4 Å². The minimum Gasteiger partial charge on any atom is -0.336 e. The Morgan fingerprint density at radius 3 is 2.35 bits per heavy atom. The van der Waals surface area contributed by atoms with Gasteiger partial charge in [-0.1, -0.05) is 72.8 Å². The molecule has 1 N–H and O–H groups in total. The van der Waals surface area contributed by atoms with Crippen LogP contribution in [0, 0.1) is 0 Å². The lowest BCUT2D eigenvalue weighted by Crippen LogP contribution is -3.13. The van der Waals surface area contributed by atoms with Gasteiger partial charge in [-0.05, 0) is 16.3 Å². The van der Waals surface area contributed by atoms with Gasteiger partial charge in [0.15, 0.2) is 0 Å². The fraction of sp³-hybridized carbons (Fsp3) is 0.308. The lowest BCUT2D eigenvalue weighted by molar-refractivity contribution is -0.917. The van der Waals surface area contributed by atoms with Crippen molar-refractivity contribution in [3.8, 4) is 0 Å². The highest BCUT2D eigenvalue weighted by atomic mass is 16.2. The Morgan fingerprint density at radius 1 is 0.903 bits per heavy atom. The first-order chi connectivity index (χ1) is 15.1. The second kappa shape index (κ2) is 9.75. The van der Waals surface area contributed by atoms with Gasteiger partial charge >= 0.3 is 0 Å². The van der Waals surface area contributed by atoms with Crippen molar-refractivity contribution in [2.45, 2.75) is 13.0 Å². The van der Waals surface area contributed by atoms with Crippen LogP contribution in [0.2, 0.25) is 0 Å². The molecule has 1 saturated heterocycles. The van der Waals surface area contributed by atoms with Crippen LogP contribution in [0.15, 0.2) is 72.8 Å². The molecule has 31 heavy (non-hydrogen) atoms. The standard InChI is InChI=1S/C26H29N3O2/c1-27(25(30)18-23-12-7-11-22-10-5-6-13-24(22)23)20-26(31)29-16-14-28(15-17-29)19-21-8-3-2-4-9-21/h2-13H,14-20H2,1H3/p+1. The molecule has 1 heterocycles. The molecule has 1 aliphatic rings. The molecule has 0 bridgehead atoms. The molecule has 0 saturated carbocycles. The van der Waals surface area contributed by atoms with Crippen molar-refractivity contribution in [2.75, 3.05) is 39.8 Å². The maximum absolute atomic E-state index is 12.8. The van der Waals surface area contributed by atoms with Crippen LogP contribution in [-0.4, -0.2) is 61.4 Å². The van der Waals surface area contributed by atoms with Crippen LogP contribution in [0.4, 0.5) is 0 Å². The number of quaternary nitrogens is 1. The number of nitrogens with one attached hydrogen (secondary N) is 1. The second-order valence-electron chi connectivity index (χ2n) is 8.36. The number of nitrogens with zero attached hydrogens (tertiary/aromatic N) is 2. The minimum absolute atomic E-state index is 0.0296. The zero-order chi connectivity index (χ0) is 21.6. The van der Waals surface area contributed by atoms with E-state index < -0.39 is 0 Å². The number of piperazine rings is 1. The van der Waals surface area contributed by atoms with Crippen molar-refractivity contribution in [3.05, 3.63) is 83.9 Å². The fourth-order valence-electron chi connectivity index (χ4n) is 4.27. The quantitative estimate of drug-likeness (QED) is 0.666. The first-order valence-corrected chi connectivity index (χ1v) is 11.0. The van der Waals surface area contributed by atoms with E-state index in [9.17, 15) is 9.59 Å². The molecular formula is C26H30N3O2+. The topological polar surface area (TPSA) is 45.1 Å². The maximum atomic E-state index is 12.8. The van der Waals surface area contributed by atoms with E-state index in [1.54, 1.807) is 11.9 Å². The van der Waals surface area contributed by atoms with Gasteiger partial charge in [0.1, 0.15) is 6.54 Å². The van der Waals surface area contributed by atoms with Gasteiger partial charge in [-0.3, -0.25) is 9.59 Å². The third kappa shape index (κ3) is 5.30. The van der Waals surface area contributed by atoms with Crippen molar-refractivity contribution in [3.63, 3.8) is 0 Å². The molecule has 160 valence electrons. The number of carbonyl (C=O) groups is 2. The van der Waals surface area contributed by atoms with E-state index in [1.807, 2.05) is 41.3 Å². The molecule has 2 amide bonds. The summed E-state index contributed by atoms with van der Waals surface area (Å²) in [6, 6.07) is 24.6. The number of likely N-dealkylation sites (N-methyl/N-ethyl adjacent to an activating group) is 1. The number of hydrogen-bond acceptors (Lipinski definition) is 2. The Kier molecular flexibility index (Phi) is 6.63. The zero-order valence-electron chi connectivity index (χ0n) is 18.1. The summed E-state index contributed by atoms with van der Waals surface area (Å²) >= 11 is 0. The van der Waals surface area contributed by atoms with Crippen molar-refractivity contribution >= 4 is 22.6 Å².